The van der Waals surface area contributed by atoms with Gasteiger partial charge in [0.15, 0.2) is 6.29 Å². The molecule has 1 aliphatic rings. The maximum Gasteiger partial charge on any atom is 0.422 e. The molecular weight excluding hydrogens is 410 g/mol. The van der Waals surface area contributed by atoms with Crippen molar-refractivity contribution in [2.24, 2.45) is 5.92 Å². The number of benzene rings is 2. The Morgan fingerprint density at radius 3 is 2.07 bits per heavy atom. The predicted octanol–water partition coefficient (Wildman–Crippen LogP) is 6.51. The van der Waals surface area contributed by atoms with E-state index >= 15 is 0 Å². The minimum absolute atomic E-state index is 0.183. The van der Waals surface area contributed by atoms with Crippen molar-refractivity contribution in [1.29, 1.82) is 0 Å². The fraction of sp³-hybridized carbons (Fsp3) is 0.455. The van der Waals surface area contributed by atoms with E-state index in [0.717, 1.165) is 12.8 Å². The first-order valence-corrected chi connectivity index (χ1v) is 9.77. The molecule has 2 aromatic carbocycles. The molecule has 3 rings (SSSR count). The number of rotatable bonds is 6. The molecule has 0 N–H and O–H groups in total. The van der Waals surface area contributed by atoms with Crippen LogP contribution in [0.1, 0.15) is 37.3 Å². The van der Waals surface area contributed by atoms with Crippen molar-refractivity contribution in [3.63, 3.8) is 0 Å². The maximum atomic E-state index is 14.5. The van der Waals surface area contributed by atoms with Gasteiger partial charge in [-0.25, -0.2) is 13.2 Å². The van der Waals surface area contributed by atoms with E-state index in [1.54, 1.807) is 6.07 Å². The predicted molar refractivity (Wildman–Crippen MR) is 99.2 cm³/mol. The van der Waals surface area contributed by atoms with Gasteiger partial charge in [-0.05, 0) is 42.2 Å². The average molecular weight is 432 g/mol. The second-order valence-corrected chi connectivity index (χ2v) is 7.42. The van der Waals surface area contributed by atoms with Crippen LogP contribution in [0.25, 0.3) is 11.1 Å². The van der Waals surface area contributed by atoms with Crippen molar-refractivity contribution < 1.29 is 35.8 Å². The van der Waals surface area contributed by atoms with E-state index < -0.39 is 29.2 Å². The molecule has 0 atom stereocenters. The molecule has 0 aromatic heterocycles. The van der Waals surface area contributed by atoms with Crippen LogP contribution in [0.3, 0.4) is 0 Å². The van der Waals surface area contributed by atoms with Crippen LogP contribution < -0.4 is 0 Å². The van der Waals surface area contributed by atoms with Crippen LogP contribution >= 0.6 is 0 Å². The van der Waals surface area contributed by atoms with Gasteiger partial charge in [0, 0.05) is 17.9 Å². The number of halogens is 6. The Balaban J connectivity index is 1.67. The highest BCUT2D eigenvalue weighted by Crippen LogP contribution is 2.36. The molecule has 0 aliphatic carbocycles. The summed E-state index contributed by atoms with van der Waals surface area (Å²) in [6.45, 7) is 3.34. The molecule has 0 bridgehead atoms. The van der Waals surface area contributed by atoms with E-state index in [9.17, 15) is 26.3 Å². The maximum absolute atomic E-state index is 14.5. The van der Waals surface area contributed by atoms with Gasteiger partial charge in [0.05, 0.1) is 13.2 Å². The lowest BCUT2D eigenvalue weighted by atomic mass is 9.99. The molecule has 0 spiro atoms. The van der Waals surface area contributed by atoms with Crippen LogP contribution in [0.4, 0.5) is 26.3 Å². The highest BCUT2D eigenvalue weighted by atomic mass is 19.4. The second kappa shape index (κ2) is 9.39. The van der Waals surface area contributed by atoms with Crippen molar-refractivity contribution >= 4 is 0 Å². The van der Waals surface area contributed by atoms with Gasteiger partial charge in [0.25, 0.3) is 0 Å². The van der Waals surface area contributed by atoms with Crippen molar-refractivity contribution in [1.82, 2.24) is 0 Å². The topological polar surface area (TPSA) is 18.5 Å². The van der Waals surface area contributed by atoms with E-state index in [2.05, 4.69) is 6.92 Å². The third-order valence-electron chi connectivity index (χ3n) is 5.07. The highest BCUT2D eigenvalue weighted by molar-refractivity contribution is 5.65. The zero-order valence-electron chi connectivity index (χ0n) is 16.4. The fourth-order valence-electron chi connectivity index (χ4n) is 3.56. The summed E-state index contributed by atoms with van der Waals surface area (Å²) in [7, 11) is 0. The molecule has 1 heterocycles. The van der Waals surface area contributed by atoms with Gasteiger partial charge in [-0.1, -0.05) is 25.5 Å². The van der Waals surface area contributed by atoms with E-state index in [4.69, 9.17) is 9.47 Å². The van der Waals surface area contributed by atoms with Crippen LogP contribution in [-0.4, -0.2) is 19.5 Å². The van der Waals surface area contributed by atoms with Gasteiger partial charge in [0.2, 0.25) is 0 Å². The summed E-state index contributed by atoms with van der Waals surface area (Å²) in [5, 5.41) is 0. The first kappa shape index (κ1) is 22.6. The average Bonchev–Trinajstić information content (AvgIpc) is 2.66. The summed E-state index contributed by atoms with van der Waals surface area (Å²) in [6.07, 6.45) is -2.49. The molecule has 0 unspecified atom stereocenters. The Hall–Kier alpha value is -2.06. The molecule has 30 heavy (non-hydrogen) atoms. The standard InChI is InChI=1S/C22H22F6O2/c1-2-3-14-11-29-20(30-12-14)7-5-13-4-6-16(17(23)8-13)15-9-18(24)21(19(25)10-15)22(26,27)28/h4,6,8-10,14,20H,2-3,5,7,11-12H2,1H3. The number of alkyl halides is 3. The lowest BCUT2D eigenvalue weighted by Gasteiger charge is -2.29. The third kappa shape index (κ3) is 5.35. The van der Waals surface area contributed by atoms with Crippen molar-refractivity contribution in [3.05, 3.63) is 58.9 Å². The van der Waals surface area contributed by atoms with Gasteiger partial charge in [0.1, 0.15) is 23.0 Å². The molecule has 8 heteroatoms. The Morgan fingerprint density at radius 2 is 1.53 bits per heavy atom. The molecule has 1 fully saturated rings. The molecule has 2 aromatic rings. The Labute approximate surface area is 170 Å². The molecule has 1 aliphatic heterocycles. The molecule has 0 radical (unpaired) electrons. The molecular formula is C22H22F6O2. The minimum Gasteiger partial charge on any atom is -0.352 e. The van der Waals surface area contributed by atoms with Gasteiger partial charge in [-0.15, -0.1) is 0 Å². The van der Waals surface area contributed by atoms with Crippen LogP contribution in [-0.2, 0) is 22.1 Å². The Morgan fingerprint density at radius 1 is 0.900 bits per heavy atom. The number of hydrogen-bond acceptors (Lipinski definition) is 2. The normalized spacial score (nSPS) is 19.8. The van der Waals surface area contributed by atoms with Gasteiger partial charge in [-0.3, -0.25) is 0 Å². The zero-order valence-corrected chi connectivity index (χ0v) is 16.4. The van der Waals surface area contributed by atoms with E-state index in [-0.39, 0.29) is 17.4 Å². The van der Waals surface area contributed by atoms with Crippen molar-refractivity contribution in [3.8, 4) is 11.1 Å². The number of aryl methyl sites for hydroxylation is 1. The minimum atomic E-state index is -5.17. The van der Waals surface area contributed by atoms with Crippen LogP contribution in [0, 0.1) is 23.4 Å². The fourth-order valence-corrected chi connectivity index (χ4v) is 3.56. The number of ether oxygens (including phenoxy) is 2. The highest BCUT2D eigenvalue weighted by Gasteiger charge is 2.38. The molecule has 0 amide bonds. The first-order chi connectivity index (χ1) is 14.2. The second-order valence-electron chi connectivity index (χ2n) is 7.42. The van der Waals surface area contributed by atoms with E-state index in [1.807, 2.05) is 0 Å². The lowest BCUT2D eigenvalue weighted by Crippen LogP contribution is -2.32. The van der Waals surface area contributed by atoms with Crippen LogP contribution in [0.5, 0.6) is 0 Å². The van der Waals surface area contributed by atoms with E-state index in [0.29, 0.717) is 49.7 Å². The Bertz CT molecular complexity index is 849. The van der Waals surface area contributed by atoms with Gasteiger partial charge in [-0.2, -0.15) is 13.2 Å². The largest absolute Gasteiger partial charge is 0.422 e. The smallest absolute Gasteiger partial charge is 0.352 e. The summed E-state index contributed by atoms with van der Waals surface area (Å²) >= 11 is 0. The molecule has 164 valence electrons. The summed E-state index contributed by atoms with van der Waals surface area (Å²) < 4.78 is 91.5. The summed E-state index contributed by atoms with van der Waals surface area (Å²) in [4.78, 5) is 0. The Kier molecular flexibility index (Phi) is 7.08. The molecule has 2 nitrogen and oxygen atoms in total. The summed E-state index contributed by atoms with van der Waals surface area (Å²) in [6, 6.07) is 5.03. The van der Waals surface area contributed by atoms with Gasteiger partial charge < -0.3 is 9.47 Å². The third-order valence-corrected chi connectivity index (χ3v) is 5.07. The SMILES string of the molecule is CCCC1COC(CCc2ccc(-c3cc(F)c(C(F)(F)F)c(F)c3)c(F)c2)OC1. The van der Waals surface area contributed by atoms with Crippen LogP contribution in [0.15, 0.2) is 30.3 Å². The quantitative estimate of drug-likeness (QED) is 0.485. The van der Waals surface area contributed by atoms with Crippen molar-refractivity contribution in [2.75, 3.05) is 13.2 Å². The van der Waals surface area contributed by atoms with Gasteiger partial charge >= 0.3 is 6.18 Å². The summed E-state index contributed by atoms with van der Waals surface area (Å²) in [5.41, 5.74) is -1.86. The molecule has 1 saturated heterocycles. The monoisotopic (exact) mass is 432 g/mol. The van der Waals surface area contributed by atoms with Crippen molar-refractivity contribution in [2.45, 2.75) is 45.1 Å². The van der Waals surface area contributed by atoms with E-state index in [1.165, 1.54) is 12.1 Å². The zero-order chi connectivity index (χ0) is 21.9. The first-order valence-electron chi connectivity index (χ1n) is 9.77. The molecule has 0 saturated carbocycles. The van der Waals surface area contributed by atoms with Crippen LogP contribution in [0.2, 0.25) is 0 Å². The summed E-state index contributed by atoms with van der Waals surface area (Å²) in [5.74, 6) is -3.96. The number of hydrogen-bond donors (Lipinski definition) is 0. The lowest BCUT2D eigenvalue weighted by molar-refractivity contribution is -0.203.